The van der Waals surface area contributed by atoms with Gasteiger partial charge in [-0.2, -0.15) is 0 Å². The molecule has 0 unspecified atom stereocenters. The third-order valence-corrected chi connectivity index (χ3v) is 6.33. The number of hydrogen-bond donors (Lipinski definition) is 1. The molecule has 3 rings (SSSR count). The molecule has 2 aromatic rings. The van der Waals surface area contributed by atoms with Gasteiger partial charge in [-0.05, 0) is 37.5 Å². The molecule has 0 saturated carbocycles. The first-order chi connectivity index (χ1) is 10.8. The van der Waals surface area contributed by atoms with Crippen molar-refractivity contribution >= 4 is 38.3 Å². The van der Waals surface area contributed by atoms with E-state index in [1.54, 1.807) is 6.26 Å². The van der Waals surface area contributed by atoms with Crippen LogP contribution in [-0.4, -0.2) is 31.9 Å². The lowest BCUT2D eigenvalue weighted by atomic mass is 10.1. The van der Waals surface area contributed by atoms with Gasteiger partial charge in [0, 0.05) is 22.0 Å². The lowest BCUT2D eigenvalue weighted by Gasteiger charge is -2.22. The number of carbonyl (C=O) groups is 1. The van der Waals surface area contributed by atoms with E-state index in [0.29, 0.717) is 23.4 Å². The maximum Gasteiger partial charge on any atom is 0.224 e. The molecule has 1 aromatic carbocycles. The minimum Gasteiger partial charge on any atom is -0.464 e. The Morgan fingerprint density at radius 3 is 2.74 bits per heavy atom. The highest BCUT2D eigenvalue weighted by atomic mass is 35.5. The van der Waals surface area contributed by atoms with Crippen LogP contribution in [0.15, 0.2) is 22.8 Å². The van der Waals surface area contributed by atoms with Crippen LogP contribution in [0, 0.1) is 6.92 Å². The molecule has 2 heterocycles. The number of fused-ring (bicyclic) bond motifs is 1. The van der Waals surface area contributed by atoms with Gasteiger partial charge in [-0.3, -0.25) is 4.79 Å². The molecule has 1 aliphatic heterocycles. The van der Waals surface area contributed by atoms with Gasteiger partial charge >= 0.3 is 0 Å². The van der Waals surface area contributed by atoms with Crippen LogP contribution in [-0.2, 0) is 21.1 Å². The van der Waals surface area contributed by atoms with E-state index in [1.807, 2.05) is 19.1 Å². The van der Waals surface area contributed by atoms with E-state index in [-0.39, 0.29) is 29.9 Å². The number of sulfone groups is 1. The van der Waals surface area contributed by atoms with Crippen LogP contribution in [0.3, 0.4) is 0 Å². The van der Waals surface area contributed by atoms with Crippen molar-refractivity contribution in [3.05, 3.63) is 34.5 Å². The monoisotopic (exact) mass is 355 g/mol. The Balaban J connectivity index is 1.68. The standard InChI is InChI=1S/C16H18ClNO4S/c1-10-6-15-13(8-14(10)17)11(9-22-15)7-16(19)18-12-2-4-23(20,21)5-3-12/h6,8-9,12H,2-5,7H2,1H3,(H,18,19). The quantitative estimate of drug-likeness (QED) is 0.918. The molecular weight excluding hydrogens is 338 g/mol. The lowest BCUT2D eigenvalue weighted by Crippen LogP contribution is -2.41. The highest BCUT2D eigenvalue weighted by Gasteiger charge is 2.25. The normalized spacial score (nSPS) is 18.2. The van der Waals surface area contributed by atoms with E-state index < -0.39 is 9.84 Å². The Labute approximate surface area is 139 Å². The molecule has 0 bridgehead atoms. The molecule has 7 heteroatoms. The fourth-order valence-electron chi connectivity index (χ4n) is 2.82. The Morgan fingerprint density at radius 1 is 1.35 bits per heavy atom. The van der Waals surface area contributed by atoms with Gasteiger partial charge in [0.15, 0.2) is 0 Å². The molecule has 1 fully saturated rings. The Morgan fingerprint density at radius 2 is 2.04 bits per heavy atom. The van der Waals surface area contributed by atoms with Gasteiger partial charge in [-0.1, -0.05) is 11.6 Å². The molecule has 0 radical (unpaired) electrons. The predicted octanol–water partition coefficient (Wildman–Crippen LogP) is 2.63. The minimum atomic E-state index is -2.92. The topological polar surface area (TPSA) is 76.4 Å². The van der Waals surface area contributed by atoms with Crippen molar-refractivity contribution < 1.29 is 17.6 Å². The number of hydrogen-bond acceptors (Lipinski definition) is 4. The van der Waals surface area contributed by atoms with Gasteiger partial charge in [0.1, 0.15) is 15.4 Å². The SMILES string of the molecule is Cc1cc2occ(CC(=O)NC3CCS(=O)(=O)CC3)c2cc1Cl. The first kappa shape index (κ1) is 16.3. The van der Waals surface area contributed by atoms with E-state index in [2.05, 4.69) is 5.32 Å². The summed E-state index contributed by atoms with van der Waals surface area (Å²) in [5, 5.41) is 4.38. The third-order valence-electron chi connectivity index (χ3n) is 4.21. The second-order valence-electron chi connectivity index (χ2n) is 6.03. The number of amides is 1. The summed E-state index contributed by atoms with van der Waals surface area (Å²) in [5.74, 6) is 0.150. The molecule has 1 aliphatic rings. The summed E-state index contributed by atoms with van der Waals surface area (Å²) in [6.07, 6.45) is 2.72. The molecule has 5 nitrogen and oxygen atoms in total. The minimum absolute atomic E-state index is 0.0741. The fourth-order valence-corrected chi connectivity index (χ4v) is 4.48. The summed E-state index contributed by atoms with van der Waals surface area (Å²) in [6, 6.07) is 3.59. The number of halogens is 1. The number of aryl methyl sites for hydroxylation is 1. The molecule has 1 N–H and O–H groups in total. The van der Waals surface area contributed by atoms with Crippen LogP contribution in [0.25, 0.3) is 11.0 Å². The summed E-state index contributed by atoms with van der Waals surface area (Å²) in [7, 11) is -2.92. The van der Waals surface area contributed by atoms with E-state index in [1.165, 1.54) is 0 Å². The second-order valence-corrected chi connectivity index (χ2v) is 8.74. The molecule has 0 spiro atoms. The van der Waals surface area contributed by atoms with Gasteiger partial charge in [-0.15, -0.1) is 0 Å². The van der Waals surface area contributed by atoms with E-state index >= 15 is 0 Å². The van der Waals surface area contributed by atoms with Crippen LogP contribution in [0.2, 0.25) is 5.02 Å². The molecule has 1 amide bonds. The first-order valence-electron chi connectivity index (χ1n) is 7.50. The van der Waals surface area contributed by atoms with Crippen LogP contribution >= 0.6 is 11.6 Å². The molecule has 0 atom stereocenters. The zero-order valence-electron chi connectivity index (χ0n) is 12.8. The Hall–Kier alpha value is -1.53. The number of nitrogens with one attached hydrogen (secondary N) is 1. The summed E-state index contributed by atoms with van der Waals surface area (Å²) in [5.41, 5.74) is 2.41. The number of furan rings is 1. The number of rotatable bonds is 3. The van der Waals surface area contributed by atoms with Crippen LogP contribution in [0.1, 0.15) is 24.0 Å². The van der Waals surface area contributed by atoms with Gasteiger partial charge in [-0.25, -0.2) is 8.42 Å². The molecule has 1 saturated heterocycles. The van der Waals surface area contributed by atoms with E-state index in [0.717, 1.165) is 16.5 Å². The van der Waals surface area contributed by atoms with Crippen molar-refractivity contribution in [2.45, 2.75) is 32.2 Å². The molecule has 124 valence electrons. The molecule has 0 aliphatic carbocycles. The second kappa shape index (κ2) is 6.17. The lowest BCUT2D eigenvalue weighted by molar-refractivity contribution is -0.121. The third kappa shape index (κ3) is 3.70. The summed E-state index contributed by atoms with van der Waals surface area (Å²) in [4.78, 5) is 12.2. The highest BCUT2D eigenvalue weighted by molar-refractivity contribution is 7.91. The van der Waals surface area contributed by atoms with Crippen LogP contribution < -0.4 is 5.32 Å². The number of benzene rings is 1. The zero-order valence-corrected chi connectivity index (χ0v) is 14.3. The maximum atomic E-state index is 12.2. The number of carbonyl (C=O) groups excluding carboxylic acids is 1. The van der Waals surface area contributed by atoms with Crippen molar-refractivity contribution in [3.63, 3.8) is 0 Å². The van der Waals surface area contributed by atoms with Gasteiger partial charge in [0.2, 0.25) is 5.91 Å². The Bertz CT molecular complexity index is 842. The van der Waals surface area contributed by atoms with Gasteiger partial charge in [0.25, 0.3) is 0 Å². The van der Waals surface area contributed by atoms with E-state index in [4.69, 9.17) is 16.0 Å². The smallest absolute Gasteiger partial charge is 0.224 e. The van der Waals surface area contributed by atoms with E-state index in [9.17, 15) is 13.2 Å². The molecular formula is C16H18ClNO4S. The molecule has 23 heavy (non-hydrogen) atoms. The highest BCUT2D eigenvalue weighted by Crippen LogP contribution is 2.28. The van der Waals surface area contributed by atoms with Gasteiger partial charge < -0.3 is 9.73 Å². The van der Waals surface area contributed by atoms with Crippen molar-refractivity contribution in [2.75, 3.05) is 11.5 Å². The van der Waals surface area contributed by atoms with Crippen molar-refractivity contribution in [1.29, 1.82) is 0 Å². The average molecular weight is 356 g/mol. The Kier molecular flexibility index (Phi) is 4.38. The zero-order chi connectivity index (χ0) is 16.6. The van der Waals surface area contributed by atoms with Gasteiger partial charge in [0.05, 0.1) is 24.2 Å². The summed E-state index contributed by atoms with van der Waals surface area (Å²) >= 11 is 6.14. The van der Waals surface area contributed by atoms with Crippen LogP contribution in [0.4, 0.5) is 0 Å². The largest absolute Gasteiger partial charge is 0.464 e. The van der Waals surface area contributed by atoms with Crippen molar-refractivity contribution in [3.8, 4) is 0 Å². The predicted molar refractivity (Wildman–Crippen MR) is 89.5 cm³/mol. The maximum absolute atomic E-state index is 12.2. The molecule has 1 aromatic heterocycles. The van der Waals surface area contributed by atoms with Crippen molar-refractivity contribution in [2.24, 2.45) is 0 Å². The summed E-state index contributed by atoms with van der Waals surface area (Å²) < 4.78 is 28.3. The van der Waals surface area contributed by atoms with Crippen LogP contribution in [0.5, 0.6) is 0 Å². The average Bonchev–Trinajstić information content (AvgIpc) is 2.84. The van der Waals surface area contributed by atoms with Crippen molar-refractivity contribution in [1.82, 2.24) is 5.32 Å². The summed E-state index contributed by atoms with van der Waals surface area (Å²) in [6.45, 7) is 1.90. The fraction of sp³-hybridized carbons (Fsp3) is 0.438. The first-order valence-corrected chi connectivity index (χ1v) is 9.70.